The minimum absolute atomic E-state index is 0.172. The number of hydrogen-bond donors (Lipinski definition) is 1. The number of anilines is 1. The summed E-state index contributed by atoms with van der Waals surface area (Å²) < 4.78 is 35.0. The molecule has 1 N–H and O–H groups in total. The van der Waals surface area contributed by atoms with Crippen LogP contribution >= 0.6 is 15.9 Å². The molecule has 1 unspecified atom stereocenters. The van der Waals surface area contributed by atoms with Crippen molar-refractivity contribution < 1.29 is 22.2 Å². The van der Waals surface area contributed by atoms with Gasteiger partial charge >= 0.3 is 10.2 Å². The van der Waals surface area contributed by atoms with Crippen molar-refractivity contribution in [1.29, 1.82) is 0 Å². The Morgan fingerprint density at radius 1 is 1.44 bits per heavy atom. The first-order valence-electron chi connectivity index (χ1n) is 5.01. The summed E-state index contributed by atoms with van der Waals surface area (Å²) in [5, 5.41) is 8.32. The highest BCUT2D eigenvalue weighted by atomic mass is 79.9. The molecule has 1 aromatic carbocycles. The lowest BCUT2D eigenvalue weighted by Crippen LogP contribution is -2.26. The van der Waals surface area contributed by atoms with Crippen molar-refractivity contribution >= 4 is 37.7 Å². The highest BCUT2D eigenvalue weighted by Gasteiger charge is 2.39. The standard InChI is InChI=1S/C10H9BrFNO4S/c11-6-1-2-8(9(14)3-6)13-5-7(4-10(13)15)18(12,16)17/h1-3,7,14H,4-5H2. The third kappa shape index (κ3) is 2.49. The third-order valence-corrected chi connectivity index (χ3v) is 4.32. The van der Waals surface area contributed by atoms with Gasteiger partial charge in [-0.25, -0.2) is 0 Å². The first-order valence-corrected chi connectivity index (χ1v) is 7.25. The van der Waals surface area contributed by atoms with Crippen LogP contribution in [0.3, 0.4) is 0 Å². The minimum Gasteiger partial charge on any atom is -0.506 e. The lowest BCUT2D eigenvalue weighted by atomic mass is 10.2. The van der Waals surface area contributed by atoms with Crippen molar-refractivity contribution in [3.05, 3.63) is 22.7 Å². The molecular weight excluding hydrogens is 329 g/mol. The molecule has 0 aliphatic carbocycles. The summed E-state index contributed by atoms with van der Waals surface area (Å²) in [4.78, 5) is 12.7. The maximum Gasteiger partial charge on any atom is 0.307 e. The Morgan fingerprint density at radius 2 is 2.11 bits per heavy atom. The Morgan fingerprint density at radius 3 is 2.61 bits per heavy atom. The van der Waals surface area contributed by atoms with Gasteiger partial charge in [0.2, 0.25) is 5.91 Å². The van der Waals surface area contributed by atoms with Gasteiger partial charge in [-0.2, -0.15) is 8.42 Å². The van der Waals surface area contributed by atoms with Crippen molar-refractivity contribution in [2.45, 2.75) is 11.7 Å². The number of phenols is 1. The fraction of sp³-hybridized carbons (Fsp3) is 0.300. The van der Waals surface area contributed by atoms with Crippen molar-refractivity contribution in [3.63, 3.8) is 0 Å². The molecule has 1 aliphatic rings. The van der Waals surface area contributed by atoms with Crippen LogP contribution in [0, 0.1) is 0 Å². The van der Waals surface area contributed by atoms with Gasteiger partial charge in [0, 0.05) is 17.4 Å². The molecular formula is C10H9BrFNO4S. The molecule has 1 fully saturated rings. The molecule has 2 rings (SSSR count). The number of phenolic OH excluding ortho intramolecular Hbond substituents is 1. The first kappa shape index (κ1) is 13.3. The van der Waals surface area contributed by atoms with Crippen LogP contribution in [0.5, 0.6) is 5.75 Å². The van der Waals surface area contributed by atoms with E-state index in [2.05, 4.69) is 15.9 Å². The van der Waals surface area contributed by atoms with Crippen LogP contribution in [-0.4, -0.2) is 31.2 Å². The molecule has 0 aromatic heterocycles. The molecule has 98 valence electrons. The van der Waals surface area contributed by atoms with Gasteiger partial charge in [-0.05, 0) is 18.2 Å². The summed E-state index contributed by atoms with van der Waals surface area (Å²) in [6.45, 7) is -0.285. The minimum atomic E-state index is -4.75. The Hall–Kier alpha value is -1.15. The number of hydrogen-bond acceptors (Lipinski definition) is 4. The van der Waals surface area contributed by atoms with Crippen LogP contribution in [0.4, 0.5) is 9.57 Å². The summed E-state index contributed by atoms with van der Waals surface area (Å²) >= 11 is 3.14. The molecule has 0 radical (unpaired) electrons. The Labute approximate surface area is 112 Å². The van der Waals surface area contributed by atoms with E-state index >= 15 is 0 Å². The van der Waals surface area contributed by atoms with Crippen LogP contribution in [0.15, 0.2) is 22.7 Å². The van der Waals surface area contributed by atoms with E-state index in [1.54, 1.807) is 6.07 Å². The zero-order valence-corrected chi connectivity index (χ0v) is 11.4. The van der Waals surface area contributed by atoms with E-state index in [0.29, 0.717) is 4.47 Å². The smallest absolute Gasteiger partial charge is 0.307 e. The van der Waals surface area contributed by atoms with Gasteiger partial charge in [-0.3, -0.25) is 4.79 Å². The van der Waals surface area contributed by atoms with Gasteiger partial charge in [0.1, 0.15) is 11.0 Å². The molecule has 1 amide bonds. The zero-order chi connectivity index (χ0) is 13.5. The highest BCUT2D eigenvalue weighted by molar-refractivity contribution is 9.10. The van der Waals surface area contributed by atoms with Crippen LogP contribution in [0.25, 0.3) is 0 Å². The number of benzene rings is 1. The summed E-state index contributed by atoms with van der Waals surface area (Å²) in [5.74, 6) is -0.700. The second-order valence-electron chi connectivity index (χ2n) is 3.94. The molecule has 0 saturated carbocycles. The lowest BCUT2D eigenvalue weighted by molar-refractivity contribution is -0.117. The number of nitrogens with zero attached hydrogens (tertiary/aromatic N) is 1. The van der Waals surface area contributed by atoms with E-state index in [9.17, 15) is 22.2 Å². The van der Waals surface area contributed by atoms with Crippen molar-refractivity contribution in [2.24, 2.45) is 0 Å². The van der Waals surface area contributed by atoms with E-state index in [1.165, 1.54) is 12.1 Å². The SMILES string of the molecule is O=C1CC(S(=O)(=O)F)CN1c1ccc(Br)cc1O. The van der Waals surface area contributed by atoms with Crippen LogP contribution in [0.2, 0.25) is 0 Å². The second kappa shape index (κ2) is 4.51. The van der Waals surface area contributed by atoms with Crippen molar-refractivity contribution in [2.75, 3.05) is 11.4 Å². The number of carbonyl (C=O) groups excluding carboxylic acids is 1. The first-order chi connectivity index (χ1) is 8.29. The average Bonchev–Trinajstić information content (AvgIpc) is 2.60. The molecule has 1 saturated heterocycles. The molecule has 1 aliphatic heterocycles. The van der Waals surface area contributed by atoms with Gasteiger partial charge in [0.05, 0.1) is 5.69 Å². The van der Waals surface area contributed by atoms with Crippen molar-refractivity contribution in [1.82, 2.24) is 0 Å². The Kier molecular flexibility index (Phi) is 3.33. The Bertz CT molecular complexity index is 604. The van der Waals surface area contributed by atoms with Crippen molar-refractivity contribution in [3.8, 4) is 5.75 Å². The normalized spacial score (nSPS) is 20.4. The quantitative estimate of drug-likeness (QED) is 0.831. The van der Waals surface area contributed by atoms with Gasteiger partial charge in [0.25, 0.3) is 0 Å². The number of halogens is 2. The number of aromatic hydroxyl groups is 1. The summed E-state index contributed by atoms with van der Waals surface area (Å²) in [6, 6.07) is 4.43. The predicted molar refractivity (Wildman–Crippen MR) is 66.6 cm³/mol. The van der Waals surface area contributed by atoms with Gasteiger partial charge < -0.3 is 10.0 Å². The number of carbonyl (C=O) groups is 1. The maximum atomic E-state index is 12.8. The van der Waals surface area contributed by atoms with E-state index in [4.69, 9.17) is 0 Å². The van der Waals surface area contributed by atoms with Crippen LogP contribution in [0.1, 0.15) is 6.42 Å². The van der Waals surface area contributed by atoms with Gasteiger partial charge in [-0.15, -0.1) is 3.89 Å². The summed E-state index contributed by atoms with van der Waals surface area (Å²) in [6.07, 6.45) is -0.408. The molecule has 18 heavy (non-hydrogen) atoms. The summed E-state index contributed by atoms with van der Waals surface area (Å²) in [5.41, 5.74) is 0.175. The monoisotopic (exact) mass is 337 g/mol. The average molecular weight is 338 g/mol. The molecule has 0 bridgehead atoms. The van der Waals surface area contributed by atoms with Crippen LogP contribution in [-0.2, 0) is 15.0 Å². The fourth-order valence-corrected chi connectivity index (χ4v) is 2.84. The molecule has 1 aromatic rings. The predicted octanol–water partition coefficient (Wildman–Crippen LogP) is 1.56. The second-order valence-corrected chi connectivity index (χ2v) is 6.47. The Balaban J connectivity index is 2.33. The van der Waals surface area contributed by atoms with E-state index in [0.717, 1.165) is 4.90 Å². The molecule has 0 spiro atoms. The van der Waals surface area contributed by atoms with E-state index in [-0.39, 0.29) is 18.0 Å². The van der Waals surface area contributed by atoms with Gasteiger partial charge in [-0.1, -0.05) is 15.9 Å². The third-order valence-electron chi connectivity index (χ3n) is 2.72. The van der Waals surface area contributed by atoms with E-state index < -0.39 is 27.8 Å². The lowest BCUT2D eigenvalue weighted by Gasteiger charge is -2.17. The molecule has 1 heterocycles. The largest absolute Gasteiger partial charge is 0.506 e. The van der Waals surface area contributed by atoms with E-state index in [1.807, 2.05) is 0 Å². The maximum absolute atomic E-state index is 12.8. The number of rotatable bonds is 2. The fourth-order valence-electron chi connectivity index (χ4n) is 1.82. The van der Waals surface area contributed by atoms with Crippen LogP contribution < -0.4 is 4.90 Å². The topological polar surface area (TPSA) is 74.7 Å². The number of amides is 1. The zero-order valence-electron chi connectivity index (χ0n) is 9.01. The highest BCUT2D eigenvalue weighted by Crippen LogP contribution is 2.34. The van der Waals surface area contributed by atoms with Gasteiger partial charge in [0.15, 0.2) is 0 Å². The molecule has 8 heteroatoms. The molecule has 5 nitrogen and oxygen atoms in total. The molecule has 1 atom stereocenters. The summed E-state index contributed by atoms with van der Waals surface area (Å²) in [7, 11) is -4.75.